The highest BCUT2D eigenvalue weighted by Crippen LogP contribution is 2.27. The van der Waals surface area contributed by atoms with Crippen LogP contribution in [0, 0.1) is 5.82 Å². The minimum absolute atomic E-state index is 0.0252. The molecule has 2 nitrogen and oxygen atoms in total. The number of hydrogen-bond acceptors (Lipinski definition) is 2. The minimum atomic E-state index is -0.694. The molecule has 0 aliphatic heterocycles. The van der Waals surface area contributed by atoms with Gasteiger partial charge >= 0.3 is 0 Å². The monoisotopic (exact) mass is 291 g/mol. The molecule has 0 saturated heterocycles. The van der Waals surface area contributed by atoms with Crippen LogP contribution >= 0.6 is 11.6 Å². The molecule has 0 spiro atoms. The second-order valence-corrected chi connectivity index (χ2v) is 5.61. The molecule has 4 heteroatoms. The molecule has 1 aromatic carbocycles. The predicted octanol–water partition coefficient (Wildman–Crippen LogP) is 3.96. The van der Waals surface area contributed by atoms with E-state index in [9.17, 15) is 9.18 Å². The van der Waals surface area contributed by atoms with Crippen LogP contribution < -0.4 is 0 Å². The molecule has 1 aromatic heterocycles. The van der Waals surface area contributed by atoms with Crippen LogP contribution in [0.15, 0.2) is 42.7 Å². The van der Waals surface area contributed by atoms with E-state index in [1.165, 1.54) is 18.3 Å². The van der Waals surface area contributed by atoms with Gasteiger partial charge in [-0.05, 0) is 43.2 Å². The lowest BCUT2D eigenvalue weighted by Crippen LogP contribution is -2.30. The molecular formula is C16H15ClFNO. The molecular weight excluding hydrogens is 277 g/mol. The zero-order valence-corrected chi connectivity index (χ0v) is 12.1. The molecule has 0 amide bonds. The van der Waals surface area contributed by atoms with Crippen molar-refractivity contribution in [2.75, 3.05) is 0 Å². The van der Waals surface area contributed by atoms with Gasteiger partial charge in [0, 0.05) is 24.2 Å². The first kappa shape index (κ1) is 14.7. The maximum absolute atomic E-state index is 13.0. The van der Waals surface area contributed by atoms with Crippen molar-refractivity contribution in [2.24, 2.45) is 0 Å². The van der Waals surface area contributed by atoms with Crippen LogP contribution in [0.4, 0.5) is 4.39 Å². The Labute approximate surface area is 122 Å². The van der Waals surface area contributed by atoms with Gasteiger partial charge in [-0.15, -0.1) is 0 Å². The summed E-state index contributed by atoms with van der Waals surface area (Å²) >= 11 is 6.02. The van der Waals surface area contributed by atoms with Gasteiger partial charge in [0.2, 0.25) is 0 Å². The Morgan fingerprint density at radius 3 is 2.50 bits per heavy atom. The highest BCUT2D eigenvalue weighted by atomic mass is 35.5. The van der Waals surface area contributed by atoms with Gasteiger partial charge in [0.05, 0.1) is 5.02 Å². The average Bonchev–Trinajstić information content (AvgIpc) is 2.41. The Balaban J connectivity index is 2.23. The Bertz CT molecular complexity index is 623. The number of carbonyl (C=O) groups excluding carboxylic acids is 1. The molecule has 0 saturated carbocycles. The number of nitrogens with zero attached hydrogens (tertiary/aromatic N) is 1. The van der Waals surface area contributed by atoms with Crippen LogP contribution in [-0.2, 0) is 16.6 Å². The number of benzene rings is 1. The first-order chi connectivity index (χ1) is 9.41. The molecule has 2 rings (SSSR count). The van der Waals surface area contributed by atoms with Gasteiger partial charge in [-0.3, -0.25) is 9.78 Å². The van der Waals surface area contributed by atoms with Gasteiger partial charge in [-0.1, -0.05) is 23.7 Å². The summed E-state index contributed by atoms with van der Waals surface area (Å²) in [5, 5.41) is 0.482. The summed E-state index contributed by atoms with van der Waals surface area (Å²) in [6.07, 6.45) is 3.36. The van der Waals surface area contributed by atoms with E-state index in [1.54, 1.807) is 24.4 Å². The van der Waals surface area contributed by atoms with E-state index in [1.807, 2.05) is 13.8 Å². The first-order valence-corrected chi connectivity index (χ1v) is 6.67. The van der Waals surface area contributed by atoms with Gasteiger partial charge in [0.1, 0.15) is 11.6 Å². The van der Waals surface area contributed by atoms with Crippen molar-refractivity contribution >= 4 is 17.4 Å². The molecule has 0 aliphatic rings. The highest BCUT2D eigenvalue weighted by molar-refractivity contribution is 6.31. The molecule has 0 bridgehead atoms. The van der Waals surface area contributed by atoms with Crippen LogP contribution in [-0.4, -0.2) is 10.8 Å². The zero-order valence-electron chi connectivity index (χ0n) is 11.4. The van der Waals surface area contributed by atoms with Crippen LogP contribution in [0.1, 0.15) is 25.0 Å². The summed E-state index contributed by atoms with van der Waals surface area (Å²) in [5.74, 6) is -0.286. The van der Waals surface area contributed by atoms with Crippen molar-refractivity contribution in [3.05, 3.63) is 64.7 Å². The number of carbonyl (C=O) groups is 1. The third kappa shape index (κ3) is 3.05. The van der Waals surface area contributed by atoms with Crippen molar-refractivity contribution in [3.63, 3.8) is 0 Å². The van der Waals surface area contributed by atoms with Gasteiger partial charge in [-0.25, -0.2) is 4.39 Å². The molecule has 2 aromatic rings. The molecule has 104 valence electrons. The Hall–Kier alpha value is -1.74. The number of hydrogen-bond donors (Lipinski definition) is 0. The van der Waals surface area contributed by atoms with Gasteiger partial charge in [0.15, 0.2) is 0 Å². The lowest BCUT2D eigenvalue weighted by atomic mass is 9.78. The van der Waals surface area contributed by atoms with Gasteiger partial charge in [-0.2, -0.15) is 0 Å². The molecule has 0 N–H and O–H groups in total. The average molecular weight is 292 g/mol. The number of Topliss-reactive ketones (excluding diaryl/α,β-unsaturated/α-hetero) is 1. The Kier molecular flexibility index (Phi) is 4.19. The number of ketones is 1. The number of halogens is 2. The second-order valence-electron chi connectivity index (χ2n) is 5.20. The maximum atomic E-state index is 13.0. The molecule has 0 fully saturated rings. The van der Waals surface area contributed by atoms with E-state index < -0.39 is 5.41 Å². The largest absolute Gasteiger partial charge is 0.298 e. The highest BCUT2D eigenvalue weighted by Gasteiger charge is 2.29. The van der Waals surface area contributed by atoms with E-state index in [0.29, 0.717) is 5.02 Å². The fraction of sp³-hybridized carbons (Fsp3) is 0.250. The third-order valence-electron chi connectivity index (χ3n) is 3.47. The topological polar surface area (TPSA) is 30.0 Å². The molecule has 20 heavy (non-hydrogen) atoms. The maximum Gasteiger partial charge on any atom is 0.147 e. The van der Waals surface area contributed by atoms with E-state index in [2.05, 4.69) is 4.98 Å². The second kappa shape index (κ2) is 5.71. The van der Waals surface area contributed by atoms with Crippen LogP contribution in [0.25, 0.3) is 0 Å². The fourth-order valence-electron chi connectivity index (χ4n) is 1.97. The fourth-order valence-corrected chi connectivity index (χ4v) is 2.16. The van der Waals surface area contributed by atoms with Crippen molar-refractivity contribution in [3.8, 4) is 0 Å². The molecule has 0 atom stereocenters. The summed E-state index contributed by atoms with van der Waals surface area (Å²) in [6, 6.07) is 7.75. The standard InChI is InChI=1S/C16H15ClFNO/c1-16(2,12-3-5-13(18)6-4-12)15(20)9-11-7-8-19-10-14(11)17/h3-8,10H,9H2,1-2H3. The first-order valence-electron chi connectivity index (χ1n) is 6.29. The number of aromatic nitrogens is 1. The van der Waals surface area contributed by atoms with E-state index in [0.717, 1.165) is 11.1 Å². The van der Waals surface area contributed by atoms with Crippen LogP contribution in [0.5, 0.6) is 0 Å². The van der Waals surface area contributed by atoms with Crippen LogP contribution in [0.2, 0.25) is 5.02 Å². The van der Waals surface area contributed by atoms with E-state index >= 15 is 0 Å². The summed E-state index contributed by atoms with van der Waals surface area (Å²) < 4.78 is 13.0. The number of pyridine rings is 1. The molecule has 0 radical (unpaired) electrons. The van der Waals surface area contributed by atoms with E-state index in [-0.39, 0.29) is 18.0 Å². The molecule has 0 unspecified atom stereocenters. The van der Waals surface area contributed by atoms with E-state index in [4.69, 9.17) is 11.6 Å². The van der Waals surface area contributed by atoms with Crippen molar-refractivity contribution < 1.29 is 9.18 Å². The Morgan fingerprint density at radius 2 is 1.90 bits per heavy atom. The normalized spacial score (nSPS) is 11.4. The van der Waals surface area contributed by atoms with Crippen molar-refractivity contribution in [2.45, 2.75) is 25.7 Å². The Morgan fingerprint density at radius 1 is 1.25 bits per heavy atom. The van der Waals surface area contributed by atoms with Crippen LogP contribution in [0.3, 0.4) is 0 Å². The minimum Gasteiger partial charge on any atom is -0.298 e. The lowest BCUT2D eigenvalue weighted by molar-refractivity contribution is -0.122. The zero-order chi connectivity index (χ0) is 14.8. The van der Waals surface area contributed by atoms with Gasteiger partial charge in [0.25, 0.3) is 0 Å². The quantitative estimate of drug-likeness (QED) is 0.853. The summed E-state index contributed by atoms with van der Waals surface area (Å²) in [7, 11) is 0. The van der Waals surface area contributed by atoms with Crippen molar-refractivity contribution in [1.82, 2.24) is 4.98 Å². The molecule has 0 aliphatic carbocycles. The summed E-state index contributed by atoms with van der Waals surface area (Å²) in [5.41, 5.74) is 0.844. The van der Waals surface area contributed by atoms with Gasteiger partial charge < -0.3 is 0 Å². The lowest BCUT2D eigenvalue weighted by Gasteiger charge is -2.24. The third-order valence-corrected chi connectivity index (χ3v) is 3.81. The summed E-state index contributed by atoms with van der Waals surface area (Å²) in [6.45, 7) is 3.66. The predicted molar refractivity (Wildman–Crippen MR) is 77.4 cm³/mol. The number of rotatable bonds is 4. The smallest absolute Gasteiger partial charge is 0.147 e. The SMILES string of the molecule is CC(C)(C(=O)Cc1ccncc1Cl)c1ccc(F)cc1. The molecule has 1 heterocycles. The summed E-state index contributed by atoms with van der Waals surface area (Å²) in [4.78, 5) is 16.4. The van der Waals surface area contributed by atoms with Crippen molar-refractivity contribution in [1.29, 1.82) is 0 Å².